The summed E-state index contributed by atoms with van der Waals surface area (Å²) in [6.45, 7) is -0.915. The number of halogens is 9. The number of amides is 1. The minimum absolute atomic E-state index is 0.303. The number of hydrogen-bond acceptors (Lipinski definition) is 5. The van der Waals surface area contributed by atoms with Gasteiger partial charge in [-0.05, 0) is 36.4 Å². The molecule has 1 saturated heterocycles. The van der Waals surface area contributed by atoms with Crippen molar-refractivity contribution < 1.29 is 49.0 Å². The Bertz CT molecular complexity index is 1260. The van der Waals surface area contributed by atoms with E-state index in [-0.39, 0.29) is 0 Å². The molecule has 190 valence electrons. The van der Waals surface area contributed by atoms with Crippen molar-refractivity contribution in [2.75, 3.05) is 16.8 Å². The van der Waals surface area contributed by atoms with E-state index in [2.05, 4.69) is 0 Å². The second-order valence-electron chi connectivity index (χ2n) is 7.37. The fourth-order valence-corrected chi connectivity index (χ4v) is 3.41. The van der Waals surface area contributed by atoms with Crippen LogP contribution in [0.15, 0.2) is 36.4 Å². The number of carbonyl (C=O) groups is 1. The van der Waals surface area contributed by atoms with Gasteiger partial charge in [0.2, 0.25) is 6.23 Å². The van der Waals surface area contributed by atoms with Gasteiger partial charge in [-0.2, -0.15) is 50.0 Å². The van der Waals surface area contributed by atoms with E-state index in [9.17, 15) is 44.3 Å². The van der Waals surface area contributed by atoms with Crippen LogP contribution >= 0.6 is 0 Å². The van der Waals surface area contributed by atoms with Crippen LogP contribution < -0.4 is 10.2 Å². The molecule has 1 amide bonds. The summed E-state index contributed by atoms with van der Waals surface area (Å²) in [5, 5.41) is 19.6. The summed E-state index contributed by atoms with van der Waals surface area (Å²) in [6, 6.07) is 6.44. The summed E-state index contributed by atoms with van der Waals surface area (Å²) >= 11 is 0. The van der Waals surface area contributed by atoms with E-state index in [1.165, 1.54) is 12.1 Å². The molecule has 1 aliphatic rings. The third kappa shape index (κ3) is 5.46. The molecule has 0 spiro atoms. The van der Waals surface area contributed by atoms with E-state index in [4.69, 9.17) is 15.3 Å². The van der Waals surface area contributed by atoms with E-state index >= 15 is 0 Å². The van der Waals surface area contributed by atoms with Crippen molar-refractivity contribution in [2.24, 2.45) is 0 Å². The lowest BCUT2D eigenvalue weighted by Crippen LogP contribution is -2.42. The van der Waals surface area contributed by atoms with Crippen molar-refractivity contribution in [3.63, 3.8) is 0 Å². The van der Waals surface area contributed by atoms with Gasteiger partial charge in [0.15, 0.2) is 6.10 Å². The molecule has 1 heterocycles. The largest absolute Gasteiger partial charge is 0.433 e. The van der Waals surface area contributed by atoms with Crippen molar-refractivity contribution in [3.05, 3.63) is 58.7 Å². The van der Waals surface area contributed by atoms with Gasteiger partial charge in [0.25, 0.3) is 5.91 Å². The molecule has 2 unspecified atom stereocenters. The molecule has 2 aromatic rings. The number of hydrogen-bond donors (Lipinski definition) is 1. The van der Waals surface area contributed by atoms with Gasteiger partial charge in [0, 0.05) is 11.4 Å². The summed E-state index contributed by atoms with van der Waals surface area (Å²) in [5.41, 5.74) is -5.67. The standard InChI is InChI=1S/C21H11F9N4O2/c22-19(23,24)14-5-12(3-1-10(14)7-31)33-17(35)16-9-34(18(36-16)21(28,29)30)13-4-2-11(8-32)15(6-13)20(25,26)27/h1-6,16,18H,9H2,(H,33,35). The average Bonchev–Trinajstić information content (AvgIpc) is 3.24. The van der Waals surface area contributed by atoms with Crippen LogP contribution in [0.3, 0.4) is 0 Å². The molecule has 0 aromatic heterocycles. The van der Waals surface area contributed by atoms with Crippen molar-refractivity contribution in [3.8, 4) is 12.1 Å². The number of nitrogens with zero attached hydrogens (tertiary/aromatic N) is 3. The minimum Gasteiger partial charge on any atom is -0.335 e. The molecule has 0 saturated carbocycles. The molecular weight excluding hydrogens is 511 g/mol. The van der Waals surface area contributed by atoms with Crippen molar-refractivity contribution >= 4 is 17.3 Å². The highest BCUT2D eigenvalue weighted by molar-refractivity contribution is 5.95. The first-order valence-corrected chi connectivity index (χ1v) is 9.58. The number of nitrogens with one attached hydrogen (secondary N) is 1. The van der Waals surface area contributed by atoms with Crippen molar-refractivity contribution in [1.82, 2.24) is 0 Å². The van der Waals surface area contributed by atoms with Crippen LogP contribution in [0.5, 0.6) is 0 Å². The number of ether oxygens (including phenoxy) is 1. The maximum Gasteiger partial charge on any atom is 0.433 e. The number of rotatable bonds is 3. The lowest BCUT2D eigenvalue weighted by Gasteiger charge is -2.27. The van der Waals surface area contributed by atoms with Gasteiger partial charge in [-0.3, -0.25) is 4.79 Å². The quantitative estimate of drug-likeness (QED) is 0.560. The van der Waals surface area contributed by atoms with E-state index in [0.717, 1.165) is 18.2 Å². The molecule has 36 heavy (non-hydrogen) atoms. The highest BCUT2D eigenvalue weighted by Crippen LogP contribution is 2.39. The van der Waals surface area contributed by atoms with Gasteiger partial charge >= 0.3 is 18.5 Å². The monoisotopic (exact) mass is 522 g/mol. The van der Waals surface area contributed by atoms with Crippen molar-refractivity contribution in [2.45, 2.75) is 30.9 Å². The third-order valence-electron chi connectivity index (χ3n) is 4.98. The molecule has 2 aromatic carbocycles. The molecule has 0 aliphatic carbocycles. The number of anilines is 2. The molecule has 2 atom stereocenters. The van der Waals surface area contributed by atoms with Crippen LogP contribution in [0.25, 0.3) is 0 Å². The Morgan fingerprint density at radius 3 is 1.92 bits per heavy atom. The zero-order valence-electron chi connectivity index (χ0n) is 17.4. The molecule has 0 radical (unpaired) electrons. The van der Waals surface area contributed by atoms with Gasteiger partial charge in [-0.15, -0.1) is 0 Å². The second kappa shape index (κ2) is 9.23. The molecule has 1 fully saturated rings. The number of benzene rings is 2. The number of carbonyl (C=O) groups excluding carboxylic acids is 1. The summed E-state index contributed by atoms with van der Waals surface area (Å²) < 4.78 is 125. The summed E-state index contributed by atoms with van der Waals surface area (Å²) in [5.74, 6) is -1.31. The highest BCUT2D eigenvalue weighted by Gasteiger charge is 2.52. The average molecular weight is 522 g/mol. The fraction of sp³-hybridized carbons (Fsp3) is 0.286. The minimum atomic E-state index is -5.18. The van der Waals surface area contributed by atoms with Gasteiger partial charge in [-0.1, -0.05) is 0 Å². The van der Waals surface area contributed by atoms with Gasteiger partial charge in [0.1, 0.15) is 0 Å². The Kier molecular flexibility index (Phi) is 6.83. The fourth-order valence-electron chi connectivity index (χ4n) is 3.41. The zero-order valence-corrected chi connectivity index (χ0v) is 17.4. The Morgan fingerprint density at radius 2 is 1.42 bits per heavy atom. The first-order chi connectivity index (χ1) is 16.6. The Labute approximate surface area is 196 Å². The topological polar surface area (TPSA) is 89.2 Å². The summed E-state index contributed by atoms with van der Waals surface area (Å²) in [7, 11) is 0. The summed E-state index contributed by atoms with van der Waals surface area (Å²) in [4.78, 5) is 12.8. The third-order valence-corrected chi connectivity index (χ3v) is 4.98. The second-order valence-corrected chi connectivity index (χ2v) is 7.37. The Morgan fingerprint density at radius 1 is 0.889 bits per heavy atom. The van der Waals surface area contributed by atoms with Crippen LogP contribution in [0, 0.1) is 22.7 Å². The van der Waals surface area contributed by atoms with Gasteiger partial charge in [0.05, 0.1) is 40.9 Å². The Balaban J connectivity index is 1.91. The molecule has 3 rings (SSSR count). The van der Waals surface area contributed by atoms with Crippen LogP contribution in [0.2, 0.25) is 0 Å². The lowest BCUT2D eigenvalue weighted by atomic mass is 10.1. The van der Waals surface area contributed by atoms with Crippen LogP contribution in [-0.4, -0.2) is 31.0 Å². The first kappa shape index (κ1) is 26.6. The molecule has 6 nitrogen and oxygen atoms in total. The summed E-state index contributed by atoms with van der Waals surface area (Å²) in [6.07, 6.45) is -20.0. The number of alkyl halides is 9. The smallest absolute Gasteiger partial charge is 0.335 e. The van der Waals surface area contributed by atoms with Crippen LogP contribution in [-0.2, 0) is 21.9 Å². The van der Waals surface area contributed by atoms with E-state index in [0.29, 0.717) is 23.1 Å². The van der Waals surface area contributed by atoms with E-state index in [1.54, 1.807) is 0 Å². The molecule has 15 heteroatoms. The van der Waals surface area contributed by atoms with E-state index in [1.807, 2.05) is 5.32 Å². The van der Waals surface area contributed by atoms with Crippen molar-refractivity contribution in [1.29, 1.82) is 10.5 Å². The number of nitriles is 2. The Hall–Kier alpha value is -3.98. The molecular formula is C21H11F9N4O2. The highest BCUT2D eigenvalue weighted by atomic mass is 19.4. The van der Waals surface area contributed by atoms with E-state index < -0.39 is 76.9 Å². The van der Waals surface area contributed by atoms with Crippen LogP contribution in [0.4, 0.5) is 50.9 Å². The zero-order chi connectivity index (χ0) is 27.1. The molecule has 1 aliphatic heterocycles. The van der Waals surface area contributed by atoms with Gasteiger partial charge < -0.3 is 15.0 Å². The maximum atomic E-state index is 13.6. The first-order valence-electron chi connectivity index (χ1n) is 9.58. The lowest BCUT2D eigenvalue weighted by molar-refractivity contribution is -0.212. The molecule has 1 N–H and O–H groups in total. The SMILES string of the molecule is N#Cc1ccc(NC(=O)C2CN(c3ccc(C#N)c(C(F)(F)F)c3)C(C(F)(F)F)O2)cc1C(F)(F)F. The maximum absolute atomic E-state index is 13.6. The predicted octanol–water partition coefficient (Wildman–Crippen LogP) is 5.20. The predicted molar refractivity (Wildman–Crippen MR) is 103 cm³/mol. The normalized spacial score (nSPS) is 18.5. The van der Waals surface area contributed by atoms with Gasteiger partial charge in [-0.25, -0.2) is 0 Å². The molecule has 0 bridgehead atoms. The van der Waals surface area contributed by atoms with Crippen LogP contribution in [0.1, 0.15) is 22.3 Å².